The van der Waals surface area contributed by atoms with Crippen molar-refractivity contribution in [1.29, 1.82) is 0 Å². The van der Waals surface area contributed by atoms with Crippen molar-refractivity contribution in [3.05, 3.63) is 0 Å². The molecule has 0 aromatic carbocycles. The van der Waals surface area contributed by atoms with Crippen LogP contribution in [0.4, 0.5) is 0 Å². The summed E-state index contributed by atoms with van der Waals surface area (Å²) in [5.74, 6) is 0. The normalized spacial score (nSPS) is 3.75. The molecule has 0 amide bonds. The van der Waals surface area contributed by atoms with Gasteiger partial charge in [0, 0.05) is 13.1 Å². The molecule has 0 heterocycles. The highest BCUT2D eigenvalue weighted by Gasteiger charge is 1.54. The largest absolute Gasteiger partial charge is 0.344 e. The molecule has 0 aliphatic carbocycles. The van der Waals surface area contributed by atoms with Crippen molar-refractivity contribution in [2.75, 3.05) is 13.1 Å². The third-order valence-electron chi connectivity index (χ3n) is 0.167. The van der Waals surface area contributed by atoms with Crippen LogP contribution >= 0.6 is 0 Å². The second-order valence-electron chi connectivity index (χ2n) is 0.577. The van der Waals surface area contributed by atoms with E-state index in [4.69, 9.17) is 11.5 Å². The molecule has 0 bridgehead atoms. The number of nitrogens with two attached hydrogens (primary N) is 2. The number of rotatable bonds is 1. The monoisotopic (exact) mass is 128 g/mol. The van der Waals surface area contributed by atoms with Crippen molar-refractivity contribution < 1.29 is 0 Å². The van der Waals surface area contributed by atoms with Gasteiger partial charge < -0.3 is 36.1 Å². The number of hydrogen-bond donors (Lipinski definition) is 6. The van der Waals surface area contributed by atoms with E-state index in [1.165, 1.54) is 0 Å². The summed E-state index contributed by atoms with van der Waals surface area (Å²) in [6, 6.07) is 0. The van der Waals surface area contributed by atoms with Crippen molar-refractivity contribution >= 4 is 0 Å². The Morgan fingerprint density at radius 3 is 0.750 bits per heavy atom. The highest BCUT2D eigenvalue weighted by atomic mass is 14.6. The van der Waals surface area contributed by atoms with Crippen LogP contribution in [0.25, 0.3) is 0 Å². The van der Waals surface area contributed by atoms with Crippen molar-refractivity contribution in [3.8, 4) is 0 Å². The fraction of sp³-hybridized carbons (Fsp3) is 1.00. The molecule has 0 aliphatic rings. The molecule has 0 unspecified atom stereocenters. The van der Waals surface area contributed by atoms with E-state index in [1.54, 1.807) is 0 Å². The minimum absolute atomic E-state index is 0. The predicted molar refractivity (Wildman–Crippen MR) is 38.2 cm³/mol. The van der Waals surface area contributed by atoms with Gasteiger partial charge in [-0.25, -0.2) is 0 Å². The minimum Gasteiger partial charge on any atom is -0.344 e. The molecule has 16 N–H and O–H groups in total. The highest BCUT2D eigenvalue weighted by Crippen LogP contribution is 1.24. The van der Waals surface area contributed by atoms with Crippen LogP contribution in [0.2, 0.25) is 0 Å². The summed E-state index contributed by atoms with van der Waals surface area (Å²) in [7, 11) is 0. The van der Waals surface area contributed by atoms with Gasteiger partial charge in [-0.15, -0.1) is 0 Å². The fourth-order valence-corrected chi connectivity index (χ4v) is 0. The first kappa shape index (κ1) is 46.6. The Bertz CT molecular complexity index is 8.49. The first-order valence-electron chi connectivity index (χ1n) is 1.32. The van der Waals surface area contributed by atoms with Gasteiger partial charge in [-0.3, -0.25) is 0 Å². The van der Waals surface area contributed by atoms with E-state index in [0.717, 1.165) is 0 Å². The van der Waals surface area contributed by atoms with Crippen LogP contribution in [0.15, 0.2) is 0 Å². The average Bonchev–Trinajstić information content (AvgIpc) is 1.37. The maximum absolute atomic E-state index is 4.90. The summed E-state index contributed by atoms with van der Waals surface area (Å²) in [6.45, 7) is 1.19. The maximum atomic E-state index is 4.90. The molecule has 6 nitrogen and oxygen atoms in total. The molecule has 6 heteroatoms. The van der Waals surface area contributed by atoms with Gasteiger partial charge >= 0.3 is 0 Å². The molecule has 0 aromatic rings. The molecule has 0 rings (SSSR count). The van der Waals surface area contributed by atoms with Crippen LogP contribution in [-0.4, -0.2) is 13.1 Å². The Labute approximate surface area is 50.3 Å². The van der Waals surface area contributed by atoms with Gasteiger partial charge in [-0.1, -0.05) is 0 Å². The second-order valence-corrected chi connectivity index (χ2v) is 0.577. The van der Waals surface area contributed by atoms with Gasteiger partial charge in [0.05, 0.1) is 0 Å². The van der Waals surface area contributed by atoms with E-state index in [0.29, 0.717) is 13.1 Å². The molecular weight excluding hydrogens is 108 g/mol. The summed E-state index contributed by atoms with van der Waals surface area (Å²) in [6.07, 6.45) is 0. The van der Waals surface area contributed by atoms with Crippen LogP contribution in [0, 0.1) is 0 Å². The lowest BCUT2D eigenvalue weighted by molar-refractivity contribution is 0.976. The summed E-state index contributed by atoms with van der Waals surface area (Å²) < 4.78 is 0. The van der Waals surface area contributed by atoms with Crippen molar-refractivity contribution in [1.82, 2.24) is 24.6 Å². The Balaban J connectivity index is -0.00000000750. The van der Waals surface area contributed by atoms with Gasteiger partial charge in [0.1, 0.15) is 0 Å². The van der Waals surface area contributed by atoms with Crippen LogP contribution < -0.4 is 36.1 Å². The topological polar surface area (TPSA) is 192 Å². The molecule has 58 valence electrons. The third kappa shape index (κ3) is 226. The predicted octanol–water partition coefficient (Wildman–Crippen LogP) is -0.448. The average molecular weight is 128 g/mol. The third-order valence-corrected chi connectivity index (χ3v) is 0.167. The molecule has 0 aromatic heterocycles. The Hall–Kier alpha value is -0.240. The summed E-state index contributed by atoms with van der Waals surface area (Å²) in [5, 5.41) is 0. The molecule has 0 atom stereocenters. The minimum atomic E-state index is 0. The first-order chi connectivity index (χ1) is 1.91. The lowest BCUT2D eigenvalue weighted by atomic mass is 10.7. The van der Waals surface area contributed by atoms with E-state index in [2.05, 4.69) is 0 Å². The zero-order valence-electron chi connectivity index (χ0n) is 5.40. The van der Waals surface area contributed by atoms with Crippen LogP contribution in [0.1, 0.15) is 0 Å². The molecule has 0 aliphatic heterocycles. The molecule has 0 radical (unpaired) electrons. The van der Waals surface area contributed by atoms with E-state index >= 15 is 0 Å². The molecule has 0 fully saturated rings. The lowest BCUT2D eigenvalue weighted by Crippen LogP contribution is -2.11. The van der Waals surface area contributed by atoms with Gasteiger partial charge in [0.25, 0.3) is 0 Å². The standard InChI is InChI=1S/C2H8N2.4H3N/c3-1-2-4;;;;/h1-4H2;4*1H3. The highest BCUT2D eigenvalue weighted by molar-refractivity contribution is 4.26. The molecule has 0 saturated heterocycles. The van der Waals surface area contributed by atoms with E-state index in [1.807, 2.05) is 0 Å². The van der Waals surface area contributed by atoms with Gasteiger partial charge in [-0.2, -0.15) is 0 Å². The zero-order chi connectivity index (χ0) is 3.41. The van der Waals surface area contributed by atoms with Crippen LogP contribution in [-0.2, 0) is 0 Å². The Morgan fingerprint density at radius 2 is 0.750 bits per heavy atom. The lowest BCUT2D eigenvalue weighted by Gasteiger charge is -1.72. The summed E-state index contributed by atoms with van der Waals surface area (Å²) in [5.41, 5.74) is 9.81. The molecule has 0 saturated carbocycles. The van der Waals surface area contributed by atoms with E-state index in [-0.39, 0.29) is 24.6 Å². The first-order valence-corrected chi connectivity index (χ1v) is 1.32. The molecule has 8 heavy (non-hydrogen) atoms. The van der Waals surface area contributed by atoms with E-state index in [9.17, 15) is 0 Å². The van der Waals surface area contributed by atoms with Gasteiger partial charge in [0.15, 0.2) is 0 Å². The SMILES string of the molecule is N.N.N.N.NCCN. The van der Waals surface area contributed by atoms with Crippen LogP contribution in [0.3, 0.4) is 0 Å². The van der Waals surface area contributed by atoms with E-state index < -0.39 is 0 Å². The zero-order valence-corrected chi connectivity index (χ0v) is 5.40. The fourth-order valence-electron chi connectivity index (χ4n) is 0. The smallest absolute Gasteiger partial charge is 0.00461 e. The summed E-state index contributed by atoms with van der Waals surface area (Å²) >= 11 is 0. The van der Waals surface area contributed by atoms with Gasteiger partial charge in [-0.05, 0) is 0 Å². The molecule has 0 spiro atoms. The maximum Gasteiger partial charge on any atom is 0.00461 e. The van der Waals surface area contributed by atoms with Gasteiger partial charge in [0.2, 0.25) is 0 Å². The Morgan fingerprint density at radius 1 is 0.625 bits per heavy atom. The quantitative estimate of drug-likeness (QED) is 0.277. The molecular formula is C2H20N6. The van der Waals surface area contributed by atoms with Crippen molar-refractivity contribution in [2.45, 2.75) is 0 Å². The van der Waals surface area contributed by atoms with Crippen molar-refractivity contribution in [3.63, 3.8) is 0 Å². The van der Waals surface area contributed by atoms with Crippen LogP contribution in [0.5, 0.6) is 0 Å². The second kappa shape index (κ2) is 72.4. The van der Waals surface area contributed by atoms with Crippen molar-refractivity contribution in [2.24, 2.45) is 11.5 Å². The number of hydrogen-bond acceptors (Lipinski definition) is 6. The Kier molecular flexibility index (Phi) is 421. The summed E-state index contributed by atoms with van der Waals surface area (Å²) in [4.78, 5) is 0.